The lowest BCUT2D eigenvalue weighted by atomic mass is 9.89. The lowest BCUT2D eigenvalue weighted by Gasteiger charge is -2.30. The van der Waals surface area contributed by atoms with Gasteiger partial charge in [0, 0.05) is 25.5 Å². The number of aromatic nitrogens is 4. The van der Waals surface area contributed by atoms with Gasteiger partial charge in [-0.2, -0.15) is 0 Å². The zero-order valence-corrected chi connectivity index (χ0v) is 12.5. The van der Waals surface area contributed by atoms with Gasteiger partial charge in [0.05, 0.1) is 29.8 Å². The number of rotatable bonds is 4. The monoisotopic (exact) mass is 296 g/mol. The Bertz CT molecular complexity index is 734. The molecule has 4 rings (SSSR count). The van der Waals surface area contributed by atoms with E-state index in [4.69, 9.17) is 4.74 Å². The van der Waals surface area contributed by atoms with Crippen LogP contribution >= 0.6 is 0 Å². The molecule has 1 aliphatic heterocycles. The molecule has 1 N–H and O–H groups in total. The fraction of sp³-hybridized carbons (Fsp3) is 0.412. The van der Waals surface area contributed by atoms with E-state index in [0.29, 0.717) is 5.92 Å². The lowest BCUT2D eigenvalue weighted by molar-refractivity contribution is -0.0128. The third-order valence-corrected chi connectivity index (χ3v) is 4.56. The first-order valence-electron chi connectivity index (χ1n) is 7.89. The predicted molar refractivity (Wildman–Crippen MR) is 84.4 cm³/mol. The number of benzene rings is 1. The van der Waals surface area contributed by atoms with Gasteiger partial charge in [0.25, 0.3) is 0 Å². The minimum atomic E-state index is 0.203. The molecule has 0 saturated carbocycles. The molecule has 1 aromatic carbocycles. The minimum Gasteiger partial charge on any atom is -0.374 e. The van der Waals surface area contributed by atoms with E-state index in [1.807, 2.05) is 18.7 Å². The maximum absolute atomic E-state index is 6.00. The largest absolute Gasteiger partial charge is 0.374 e. The maximum atomic E-state index is 6.00. The smallest absolute Gasteiger partial charge is 0.0945 e. The number of hydrogen-bond acceptors (Lipinski definition) is 3. The van der Waals surface area contributed by atoms with Gasteiger partial charge in [-0.25, -0.2) is 9.97 Å². The van der Waals surface area contributed by atoms with Crippen molar-refractivity contribution in [2.75, 3.05) is 6.61 Å². The van der Waals surface area contributed by atoms with E-state index in [2.05, 4.69) is 37.7 Å². The third kappa shape index (κ3) is 2.76. The summed E-state index contributed by atoms with van der Waals surface area (Å²) in [5.41, 5.74) is 3.35. The molecule has 0 amide bonds. The molecule has 2 atom stereocenters. The van der Waals surface area contributed by atoms with Crippen LogP contribution in [0.4, 0.5) is 0 Å². The summed E-state index contributed by atoms with van der Waals surface area (Å²) < 4.78 is 8.16. The van der Waals surface area contributed by atoms with Crippen LogP contribution in [0.15, 0.2) is 43.2 Å². The Balaban J connectivity index is 1.43. The van der Waals surface area contributed by atoms with E-state index < -0.39 is 0 Å². The molecule has 0 radical (unpaired) electrons. The number of fused-ring (bicyclic) bond motifs is 1. The van der Waals surface area contributed by atoms with E-state index in [1.54, 1.807) is 6.33 Å². The van der Waals surface area contributed by atoms with Crippen molar-refractivity contribution < 1.29 is 4.74 Å². The predicted octanol–water partition coefficient (Wildman–Crippen LogP) is 3.32. The SMILES string of the molecule is c1cn(CCC2CCOC(c3ccc4nc[nH]c4c3)C2)cn1. The van der Waals surface area contributed by atoms with Crippen LogP contribution in [0.2, 0.25) is 0 Å². The molecule has 5 heteroatoms. The summed E-state index contributed by atoms with van der Waals surface area (Å²) in [5.74, 6) is 0.707. The Kier molecular flexibility index (Phi) is 3.64. The molecule has 1 saturated heterocycles. The minimum absolute atomic E-state index is 0.203. The van der Waals surface area contributed by atoms with Gasteiger partial charge in [0.2, 0.25) is 0 Å². The van der Waals surface area contributed by atoms with Gasteiger partial charge in [-0.15, -0.1) is 0 Å². The Morgan fingerprint density at radius 1 is 1.36 bits per heavy atom. The molecule has 2 unspecified atom stereocenters. The summed E-state index contributed by atoms with van der Waals surface area (Å²) in [6.07, 6.45) is 11.1. The molecule has 0 spiro atoms. The van der Waals surface area contributed by atoms with Gasteiger partial charge in [-0.05, 0) is 42.9 Å². The Labute approximate surface area is 129 Å². The standard InChI is InChI=1S/C17H20N4O/c1-2-15-16(20-11-19-15)10-14(1)17-9-13(4-8-22-17)3-6-21-7-5-18-12-21/h1-2,5,7,10-13,17H,3-4,6,8-9H2,(H,19,20). The van der Waals surface area contributed by atoms with E-state index in [-0.39, 0.29) is 6.10 Å². The summed E-state index contributed by atoms with van der Waals surface area (Å²) in [7, 11) is 0. The number of aromatic amines is 1. The second-order valence-corrected chi connectivity index (χ2v) is 6.02. The average molecular weight is 296 g/mol. The first-order chi connectivity index (χ1) is 10.9. The number of ether oxygens (including phenoxy) is 1. The zero-order chi connectivity index (χ0) is 14.8. The van der Waals surface area contributed by atoms with Gasteiger partial charge in [-0.1, -0.05) is 6.07 Å². The van der Waals surface area contributed by atoms with Gasteiger partial charge in [0.15, 0.2) is 0 Å². The number of H-pyrrole nitrogens is 1. The number of hydrogen-bond donors (Lipinski definition) is 1. The molecule has 22 heavy (non-hydrogen) atoms. The van der Waals surface area contributed by atoms with E-state index in [0.717, 1.165) is 37.0 Å². The van der Waals surface area contributed by atoms with Crippen molar-refractivity contribution >= 4 is 11.0 Å². The molecule has 0 aliphatic carbocycles. The average Bonchev–Trinajstić information content (AvgIpc) is 3.24. The van der Waals surface area contributed by atoms with Crippen LogP contribution in [0.1, 0.15) is 30.9 Å². The number of imidazole rings is 2. The fourth-order valence-corrected chi connectivity index (χ4v) is 3.26. The zero-order valence-electron chi connectivity index (χ0n) is 12.5. The highest BCUT2D eigenvalue weighted by Gasteiger charge is 2.24. The first-order valence-corrected chi connectivity index (χ1v) is 7.89. The van der Waals surface area contributed by atoms with Crippen molar-refractivity contribution in [1.29, 1.82) is 0 Å². The van der Waals surface area contributed by atoms with Crippen LogP contribution in [0.25, 0.3) is 11.0 Å². The van der Waals surface area contributed by atoms with Crippen molar-refractivity contribution in [1.82, 2.24) is 19.5 Å². The molecule has 2 aromatic heterocycles. The molecule has 3 heterocycles. The molecular weight excluding hydrogens is 276 g/mol. The first kappa shape index (κ1) is 13.5. The molecule has 1 fully saturated rings. The number of nitrogens with one attached hydrogen (secondary N) is 1. The summed E-state index contributed by atoms with van der Waals surface area (Å²) >= 11 is 0. The molecule has 3 aromatic rings. The van der Waals surface area contributed by atoms with Crippen LogP contribution in [0, 0.1) is 5.92 Å². The second kappa shape index (κ2) is 5.93. The van der Waals surface area contributed by atoms with Crippen LogP contribution in [-0.4, -0.2) is 26.1 Å². The highest BCUT2D eigenvalue weighted by molar-refractivity contribution is 5.75. The van der Waals surface area contributed by atoms with Crippen molar-refractivity contribution in [3.63, 3.8) is 0 Å². The van der Waals surface area contributed by atoms with Crippen LogP contribution in [-0.2, 0) is 11.3 Å². The van der Waals surface area contributed by atoms with Gasteiger partial charge >= 0.3 is 0 Å². The van der Waals surface area contributed by atoms with Crippen LogP contribution in [0.5, 0.6) is 0 Å². The fourth-order valence-electron chi connectivity index (χ4n) is 3.26. The highest BCUT2D eigenvalue weighted by atomic mass is 16.5. The number of nitrogens with zero attached hydrogens (tertiary/aromatic N) is 3. The Hall–Kier alpha value is -2.14. The molecule has 1 aliphatic rings. The highest BCUT2D eigenvalue weighted by Crippen LogP contribution is 2.34. The second-order valence-electron chi connectivity index (χ2n) is 6.02. The van der Waals surface area contributed by atoms with E-state index >= 15 is 0 Å². The van der Waals surface area contributed by atoms with E-state index in [1.165, 1.54) is 12.0 Å². The van der Waals surface area contributed by atoms with Crippen molar-refractivity contribution in [2.45, 2.75) is 31.9 Å². The van der Waals surface area contributed by atoms with Gasteiger partial charge < -0.3 is 14.3 Å². The third-order valence-electron chi connectivity index (χ3n) is 4.56. The van der Waals surface area contributed by atoms with Crippen molar-refractivity contribution in [3.8, 4) is 0 Å². The molecule has 114 valence electrons. The van der Waals surface area contributed by atoms with Crippen LogP contribution < -0.4 is 0 Å². The number of aryl methyl sites for hydroxylation is 1. The van der Waals surface area contributed by atoms with Crippen molar-refractivity contribution in [2.24, 2.45) is 5.92 Å². The quantitative estimate of drug-likeness (QED) is 0.803. The van der Waals surface area contributed by atoms with Crippen molar-refractivity contribution in [3.05, 3.63) is 48.8 Å². The Morgan fingerprint density at radius 2 is 2.36 bits per heavy atom. The maximum Gasteiger partial charge on any atom is 0.0945 e. The molecule has 0 bridgehead atoms. The van der Waals surface area contributed by atoms with Gasteiger partial charge in [0.1, 0.15) is 0 Å². The normalized spacial score (nSPS) is 22.2. The summed E-state index contributed by atoms with van der Waals surface area (Å²) in [6, 6.07) is 6.39. The lowest BCUT2D eigenvalue weighted by Crippen LogP contribution is -2.21. The molecule has 5 nitrogen and oxygen atoms in total. The Morgan fingerprint density at radius 3 is 3.27 bits per heavy atom. The van der Waals surface area contributed by atoms with Crippen LogP contribution in [0.3, 0.4) is 0 Å². The molecular formula is C17H20N4O. The summed E-state index contributed by atoms with van der Waals surface area (Å²) in [4.78, 5) is 11.6. The topological polar surface area (TPSA) is 55.7 Å². The summed E-state index contributed by atoms with van der Waals surface area (Å²) in [5, 5.41) is 0. The van der Waals surface area contributed by atoms with E-state index in [9.17, 15) is 0 Å². The summed E-state index contributed by atoms with van der Waals surface area (Å²) in [6.45, 7) is 1.89. The van der Waals surface area contributed by atoms with Gasteiger partial charge in [-0.3, -0.25) is 0 Å².